The Morgan fingerprint density at radius 1 is 1.56 bits per heavy atom. The Kier molecular flexibility index (Phi) is 4.02. The van der Waals surface area contributed by atoms with Crippen LogP contribution in [0.5, 0.6) is 0 Å². The second-order valence-corrected chi connectivity index (χ2v) is 5.35. The van der Waals surface area contributed by atoms with Gasteiger partial charge in [0.25, 0.3) is 0 Å². The van der Waals surface area contributed by atoms with Crippen molar-refractivity contribution in [3.63, 3.8) is 0 Å². The molecule has 18 heavy (non-hydrogen) atoms. The van der Waals surface area contributed by atoms with Crippen LogP contribution in [0.25, 0.3) is 0 Å². The lowest BCUT2D eigenvalue weighted by molar-refractivity contribution is -0.137. The standard InChI is InChI=1S/C13H16BrFN2O/c1-2-17-12(18)6-5-11(16)13(17)9-4-3-8(15)7-10(9)14/h3-4,7,11,13H,2,5-6,16H2,1H3. The van der Waals surface area contributed by atoms with E-state index in [1.807, 2.05) is 6.92 Å². The Balaban J connectivity index is 2.41. The number of piperidine rings is 1. The van der Waals surface area contributed by atoms with Crippen LogP contribution in [0.15, 0.2) is 22.7 Å². The van der Waals surface area contributed by atoms with Gasteiger partial charge in [-0.2, -0.15) is 0 Å². The molecule has 1 heterocycles. The highest BCUT2D eigenvalue weighted by molar-refractivity contribution is 9.10. The van der Waals surface area contributed by atoms with Crippen LogP contribution in [-0.4, -0.2) is 23.4 Å². The van der Waals surface area contributed by atoms with E-state index in [1.165, 1.54) is 12.1 Å². The van der Waals surface area contributed by atoms with Crippen LogP contribution in [0, 0.1) is 5.82 Å². The number of likely N-dealkylation sites (N-methyl/N-ethyl adjacent to an activating group) is 1. The number of carbonyl (C=O) groups excluding carboxylic acids is 1. The summed E-state index contributed by atoms with van der Waals surface area (Å²) in [4.78, 5) is 13.7. The summed E-state index contributed by atoms with van der Waals surface area (Å²) in [6, 6.07) is 4.23. The van der Waals surface area contributed by atoms with E-state index in [9.17, 15) is 9.18 Å². The first-order valence-electron chi connectivity index (χ1n) is 6.04. The van der Waals surface area contributed by atoms with Crippen molar-refractivity contribution >= 4 is 21.8 Å². The van der Waals surface area contributed by atoms with Gasteiger partial charge in [-0.05, 0) is 31.0 Å². The summed E-state index contributed by atoms with van der Waals surface area (Å²) in [6.45, 7) is 2.54. The summed E-state index contributed by atoms with van der Waals surface area (Å²) in [6.07, 6.45) is 1.16. The van der Waals surface area contributed by atoms with Crippen molar-refractivity contribution in [3.8, 4) is 0 Å². The summed E-state index contributed by atoms with van der Waals surface area (Å²) in [5.74, 6) is -0.190. The lowest BCUT2D eigenvalue weighted by atomic mass is 9.90. The zero-order valence-corrected chi connectivity index (χ0v) is 11.8. The van der Waals surface area contributed by atoms with E-state index >= 15 is 0 Å². The second kappa shape index (κ2) is 5.36. The van der Waals surface area contributed by atoms with Crippen LogP contribution in [0.2, 0.25) is 0 Å². The molecule has 1 aromatic carbocycles. The number of nitrogens with zero attached hydrogens (tertiary/aromatic N) is 1. The molecule has 1 aliphatic rings. The van der Waals surface area contributed by atoms with Crippen molar-refractivity contribution in [1.29, 1.82) is 0 Å². The number of hydrogen-bond acceptors (Lipinski definition) is 2. The number of nitrogens with two attached hydrogens (primary N) is 1. The Hall–Kier alpha value is -0.940. The van der Waals surface area contributed by atoms with Crippen molar-refractivity contribution in [3.05, 3.63) is 34.1 Å². The zero-order valence-electron chi connectivity index (χ0n) is 10.2. The molecule has 1 fully saturated rings. The van der Waals surface area contributed by atoms with E-state index < -0.39 is 0 Å². The maximum atomic E-state index is 13.1. The van der Waals surface area contributed by atoms with Crippen LogP contribution in [0.1, 0.15) is 31.4 Å². The lowest BCUT2D eigenvalue weighted by Crippen LogP contribution is -2.48. The maximum absolute atomic E-state index is 13.1. The molecular formula is C13H16BrFN2O. The van der Waals surface area contributed by atoms with E-state index in [-0.39, 0.29) is 23.8 Å². The molecule has 0 saturated carbocycles. The highest BCUT2D eigenvalue weighted by atomic mass is 79.9. The monoisotopic (exact) mass is 314 g/mol. The normalized spacial score (nSPS) is 24.4. The van der Waals surface area contributed by atoms with Crippen molar-refractivity contribution in [1.82, 2.24) is 4.90 Å². The SMILES string of the molecule is CCN1C(=O)CCC(N)C1c1ccc(F)cc1Br. The van der Waals surface area contributed by atoms with Crippen LogP contribution in [0.4, 0.5) is 4.39 Å². The first-order chi connectivity index (χ1) is 8.54. The Morgan fingerprint density at radius 2 is 2.28 bits per heavy atom. The highest BCUT2D eigenvalue weighted by Gasteiger charge is 2.34. The molecule has 0 bridgehead atoms. The molecule has 3 nitrogen and oxygen atoms in total. The molecule has 98 valence electrons. The van der Waals surface area contributed by atoms with Crippen molar-refractivity contribution in [2.45, 2.75) is 31.8 Å². The van der Waals surface area contributed by atoms with Crippen LogP contribution >= 0.6 is 15.9 Å². The largest absolute Gasteiger partial charge is 0.334 e. The molecule has 0 aromatic heterocycles. The third kappa shape index (κ3) is 2.42. The molecule has 2 N–H and O–H groups in total. The molecule has 0 radical (unpaired) electrons. The summed E-state index contributed by atoms with van der Waals surface area (Å²) < 4.78 is 13.8. The molecule has 1 aliphatic heterocycles. The topological polar surface area (TPSA) is 46.3 Å². The summed E-state index contributed by atoms with van der Waals surface area (Å²) in [5, 5.41) is 0. The molecule has 2 unspecified atom stereocenters. The van der Waals surface area contributed by atoms with Gasteiger partial charge in [-0.3, -0.25) is 4.79 Å². The fourth-order valence-corrected chi connectivity index (χ4v) is 3.08. The van der Waals surface area contributed by atoms with E-state index in [1.54, 1.807) is 11.0 Å². The van der Waals surface area contributed by atoms with Gasteiger partial charge in [0.2, 0.25) is 5.91 Å². The summed E-state index contributed by atoms with van der Waals surface area (Å²) in [7, 11) is 0. The van der Waals surface area contributed by atoms with E-state index in [0.29, 0.717) is 23.9 Å². The Morgan fingerprint density at radius 3 is 2.89 bits per heavy atom. The quantitative estimate of drug-likeness (QED) is 0.912. The van der Waals surface area contributed by atoms with E-state index in [4.69, 9.17) is 5.73 Å². The maximum Gasteiger partial charge on any atom is 0.223 e. The van der Waals surface area contributed by atoms with Crippen molar-refractivity contribution in [2.75, 3.05) is 6.54 Å². The minimum Gasteiger partial charge on any atom is -0.334 e. The molecule has 1 aromatic rings. The fraction of sp³-hybridized carbons (Fsp3) is 0.462. The van der Waals surface area contributed by atoms with E-state index in [2.05, 4.69) is 15.9 Å². The van der Waals surface area contributed by atoms with Crippen LogP contribution in [0.3, 0.4) is 0 Å². The predicted octanol–water partition coefficient (Wildman–Crippen LogP) is 2.60. The summed E-state index contributed by atoms with van der Waals surface area (Å²) >= 11 is 3.35. The van der Waals surface area contributed by atoms with Gasteiger partial charge in [-0.25, -0.2) is 4.39 Å². The number of halogens is 2. The number of likely N-dealkylation sites (tertiary alicyclic amines) is 1. The molecular weight excluding hydrogens is 299 g/mol. The van der Waals surface area contributed by atoms with Gasteiger partial charge in [-0.15, -0.1) is 0 Å². The van der Waals surface area contributed by atoms with Crippen molar-refractivity contribution < 1.29 is 9.18 Å². The predicted molar refractivity (Wildman–Crippen MR) is 71.4 cm³/mol. The Bertz CT molecular complexity index is 466. The molecule has 1 amide bonds. The number of amides is 1. The average Bonchev–Trinajstić information content (AvgIpc) is 2.33. The minimum absolute atomic E-state index is 0.107. The molecule has 2 atom stereocenters. The number of benzene rings is 1. The van der Waals surface area contributed by atoms with Gasteiger partial charge in [0.15, 0.2) is 0 Å². The molecule has 1 saturated heterocycles. The Labute approximate surface area is 114 Å². The first kappa shape index (κ1) is 13.5. The third-order valence-corrected chi connectivity index (χ3v) is 4.06. The molecule has 0 spiro atoms. The lowest BCUT2D eigenvalue weighted by Gasteiger charge is -2.39. The third-order valence-electron chi connectivity index (χ3n) is 3.38. The second-order valence-electron chi connectivity index (χ2n) is 4.49. The fourth-order valence-electron chi connectivity index (χ4n) is 2.49. The first-order valence-corrected chi connectivity index (χ1v) is 6.84. The van der Waals surface area contributed by atoms with Gasteiger partial charge in [0, 0.05) is 23.5 Å². The minimum atomic E-state index is -0.301. The van der Waals surface area contributed by atoms with Crippen molar-refractivity contribution in [2.24, 2.45) is 5.73 Å². The average molecular weight is 315 g/mol. The van der Waals surface area contributed by atoms with Gasteiger partial charge in [0.05, 0.1) is 6.04 Å². The highest BCUT2D eigenvalue weighted by Crippen LogP contribution is 2.35. The van der Waals surface area contributed by atoms with Crippen LogP contribution in [-0.2, 0) is 4.79 Å². The smallest absolute Gasteiger partial charge is 0.223 e. The molecule has 5 heteroatoms. The van der Waals surface area contributed by atoms with Crippen LogP contribution < -0.4 is 5.73 Å². The zero-order chi connectivity index (χ0) is 13.3. The van der Waals surface area contributed by atoms with Gasteiger partial charge in [0.1, 0.15) is 5.82 Å². The molecule has 2 rings (SSSR count). The van der Waals surface area contributed by atoms with Gasteiger partial charge < -0.3 is 10.6 Å². The van der Waals surface area contributed by atoms with E-state index in [0.717, 1.165) is 5.56 Å². The summed E-state index contributed by atoms with van der Waals surface area (Å²) in [5.41, 5.74) is 7.01. The number of hydrogen-bond donors (Lipinski definition) is 1. The number of rotatable bonds is 2. The number of carbonyl (C=O) groups is 1. The molecule has 0 aliphatic carbocycles. The van der Waals surface area contributed by atoms with Gasteiger partial charge in [-0.1, -0.05) is 22.0 Å². The van der Waals surface area contributed by atoms with Gasteiger partial charge >= 0.3 is 0 Å².